The lowest BCUT2D eigenvalue weighted by Crippen LogP contribution is -2.55. The first kappa shape index (κ1) is 21.9. The van der Waals surface area contributed by atoms with Crippen LogP contribution in [-0.2, 0) is 16.6 Å². The fraction of sp³-hybridized carbons (Fsp3) is 0.545. The van der Waals surface area contributed by atoms with Gasteiger partial charge in [-0.25, -0.2) is 9.59 Å². The second-order valence-electron chi connectivity index (χ2n) is 9.37. The van der Waals surface area contributed by atoms with E-state index in [9.17, 15) is 14.4 Å². The molecular formula is C22H30N6O4. The van der Waals surface area contributed by atoms with Gasteiger partial charge in [0.05, 0.1) is 5.52 Å². The molecule has 0 saturated carbocycles. The molecule has 10 heteroatoms. The van der Waals surface area contributed by atoms with Gasteiger partial charge < -0.3 is 14.5 Å². The SMILES string of the molecule is CC1CN(c2ccc3c(N4CCC(=O)NC4=O)nn(C)c3c2)CCN1C(=O)OC(C)(C)C. The highest BCUT2D eigenvalue weighted by Crippen LogP contribution is 2.31. The number of urea groups is 1. The predicted octanol–water partition coefficient (Wildman–Crippen LogP) is 2.47. The number of nitrogens with zero attached hydrogens (tertiary/aromatic N) is 5. The number of rotatable bonds is 2. The molecule has 0 radical (unpaired) electrons. The van der Waals surface area contributed by atoms with E-state index in [4.69, 9.17) is 4.74 Å². The number of aryl methyl sites for hydroxylation is 1. The molecule has 1 unspecified atom stereocenters. The zero-order chi connectivity index (χ0) is 23.2. The molecular weight excluding hydrogens is 412 g/mol. The summed E-state index contributed by atoms with van der Waals surface area (Å²) in [5.41, 5.74) is 1.40. The van der Waals surface area contributed by atoms with E-state index in [0.717, 1.165) is 16.6 Å². The molecule has 0 bridgehead atoms. The topological polar surface area (TPSA) is 100 Å². The molecule has 2 aliphatic rings. The summed E-state index contributed by atoms with van der Waals surface area (Å²) < 4.78 is 7.28. The lowest BCUT2D eigenvalue weighted by atomic mass is 10.1. The standard InChI is InChI=1S/C22H30N6O4/c1-14-13-26(10-11-27(14)21(31)32-22(2,3)4)15-6-7-16-17(12-15)25(5)24-19(16)28-9-8-18(29)23-20(28)30/h6-7,12,14H,8-11,13H2,1-5H3,(H,23,29,30). The van der Waals surface area contributed by atoms with Crippen LogP contribution < -0.4 is 15.1 Å². The van der Waals surface area contributed by atoms with Gasteiger partial charge in [-0.3, -0.25) is 19.7 Å². The lowest BCUT2D eigenvalue weighted by molar-refractivity contribution is -0.120. The Morgan fingerprint density at radius 3 is 2.59 bits per heavy atom. The van der Waals surface area contributed by atoms with E-state index < -0.39 is 11.6 Å². The second-order valence-corrected chi connectivity index (χ2v) is 9.37. The van der Waals surface area contributed by atoms with Crippen molar-refractivity contribution in [2.75, 3.05) is 36.0 Å². The Hall–Kier alpha value is -3.30. The minimum atomic E-state index is -0.519. The molecule has 1 aromatic carbocycles. The quantitative estimate of drug-likeness (QED) is 0.767. The molecule has 2 saturated heterocycles. The third kappa shape index (κ3) is 4.21. The maximum Gasteiger partial charge on any atom is 0.410 e. The number of amides is 4. The van der Waals surface area contributed by atoms with Crippen LogP contribution in [0.2, 0.25) is 0 Å². The predicted molar refractivity (Wildman–Crippen MR) is 121 cm³/mol. The number of carbonyl (C=O) groups excluding carboxylic acids is 3. The molecule has 10 nitrogen and oxygen atoms in total. The number of anilines is 2. The number of carbonyl (C=O) groups is 3. The highest BCUT2D eigenvalue weighted by atomic mass is 16.6. The number of aromatic nitrogens is 2. The lowest BCUT2D eigenvalue weighted by Gasteiger charge is -2.41. The molecule has 1 atom stereocenters. The highest BCUT2D eigenvalue weighted by Gasteiger charge is 2.32. The van der Waals surface area contributed by atoms with Gasteiger partial charge in [0.25, 0.3) is 0 Å². The van der Waals surface area contributed by atoms with E-state index in [1.54, 1.807) is 9.58 Å². The minimum absolute atomic E-state index is 0.00554. The largest absolute Gasteiger partial charge is 0.444 e. The van der Waals surface area contributed by atoms with Gasteiger partial charge in [-0.05, 0) is 45.9 Å². The van der Waals surface area contributed by atoms with Crippen LogP contribution >= 0.6 is 0 Å². The van der Waals surface area contributed by atoms with E-state index in [2.05, 4.69) is 21.4 Å². The fourth-order valence-corrected chi connectivity index (χ4v) is 4.17. The Morgan fingerprint density at radius 2 is 1.94 bits per heavy atom. The number of imide groups is 1. The van der Waals surface area contributed by atoms with Crippen molar-refractivity contribution < 1.29 is 19.1 Å². The summed E-state index contributed by atoms with van der Waals surface area (Å²) in [6, 6.07) is 5.58. The Morgan fingerprint density at radius 1 is 1.19 bits per heavy atom. The van der Waals surface area contributed by atoms with Gasteiger partial charge in [0.2, 0.25) is 5.91 Å². The molecule has 32 heavy (non-hydrogen) atoms. The summed E-state index contributed by atoms with van der Waals surface area (Å²) >= 11 is 0. The molecule has 4 rings (SSSR count). The van der Waals surface area contributed by atoms with Crippen LogP contribution in [0.15, 0.2) is 18.2 Å². The number of fused-ring (bicyclic) bond motifs is 1. The summed E-state index contributed by atoms with van der Waals surface area (Å²) in [5.74, 6) is 0.274. The first-order chi connectivity index (χ1) is 15.0. The van der Waals surface area contributed by atoms with Crippen molar-refractivity contribution in [3.63, 3.8) is 0 Å². The molecule has 1 aromatic heterocycles. The molecule has 0 aliphatic carbocycles. The first-order valence-electron chi connectivity index (χ1n) is 10.9. The fourth-order valence-electron chi connectivity index (χ4n) is 4.17. The van der Waals surface area contributed by atoms with Crippen LogP contribution in [0.1, 0.15) is 34.1 Å². The van der Waals surface area contributed by atoms with Gasteiger partial charge in [-0.2, -0.15) is 5.10 Å². The Kier molecular flexibility index (Phi) is 5.47. The van der Waals surface area contributed by atoms with Crippen LogP contribution in [0.4, 0.5) is 21.1 Å². The smallest absolute Gasteiger partial charge is 0.410 e. The zero-order valence-corrected chi connectivity index (χ0v) is 19.2. The zero-order valence-electron chi connectivity index (χ0n) is 19.2. The average molecular weight is 443 g/mol. The van der Waals surface area contributed by atoms with Gasteiger partial charge in [0.15, 0.2) is 5.82 Å². The number of hydrogen-bond acceptors (Lipinski definition) is 6. The summed E-state index contributed by atoms with van der Waals surface area (Å²) in [7, 11) is 1.84. The van der Waals surface area contributed by atoms with E-state index in [-0.39, 0.29) is 24.5 Å². The van der Waals surface area contributed by atoms with E-state index in [1.165, 1.54) is 4.90 Å². The average Bonchev–Trinajstić information content (AvgIpc) is 3.02. The summed E-state index contributed by atoms with van der Waals surface area (Å²) in [6.45, 7) is 9.89. The minimum Gasteiger partial charge on any atom is -0.444 e. The van der Waals surface area contributed by atoms with Gasteiger partial charge in [0, 0.05) is 56.8 Å². The van der Waals surface area contributed by atoms with Gasteiger partial charge in [-0.15, -0.1) is 0 Å². The molecule has 4 amide bonds. The number of benzene rings is 1. The molecule has 1 N–H and O–H groups in total. The van der Waals surface area contributed by atoms with Crippen molar-refractivity contribution in [3.8, 4) is 0 Å². The Bertz CT molecular complexity index is 1070. The van der Waals surface area contributed by atoms with E-state index in [0.29, 0.717) is 32.0 Å². The number of hydrogen-bond donors (Lipinski definition) is 1. The van der Waals surface area contributed by atoms with Crippen LogP contribution in [0.3, 0.4) is 0 Å². The van der Waals surface area contributed by atoms with Gasteiger partial charge >= 0.3 is 12.1 Å². The van der Waals surface area contributed by atoms with Gasteiger partial charge in [-0.1, -0.05) is 0 Å². The van der Waals surface area contributed by atoms with E-state index >= 15 is 0 Å². The maximum absolute atomic E-state index is 12.5. The molecule has 0 spiro atoms. The van der Waals surface area contributed by atoms with Crippen molar-refractivity contribution >= 4 is 40.4 Å². The van der Waals surface area contributed by atoms with Crippen molar-refractivity contribution in [1.82, 2.24) is 20.0 Å². The van der Waals surface area contributed by atoms with Crippen LogP contribution in [0.5, 0.6) is 0 Å². The Labute approximate surface area is 187 Å². The van der Waals surface area contributed by atoms with Crippen LogP contribution in [0, 0.1) is 0 Å². The first-order valence-corrected chi connectivity index (χ1v) is 10.9. The van der Waals surface area contributed by atoms with Crippen molar-refractivity contribution in [2.24, 2.45) is 7.05 Å². The van der Waals surface area contributed by atoms with Crippen molar-refractivity contribution in [1.29, 1.82) is 0 Å². The summed E-state index contributed by atoms with van der Waals surface area (Å²) in [4.78, 5) is 41.8. The summed E-state index contributed by atoms with van der Waals surface area (Å²) in [6.07, 6.45) is -0.0310. The highest BCUT2D eigenvalue weighted by molar-refractivity contribution is 6.09. The molecule has 2 aromatic rings. The van der Waals surface area contributed by atoms with Crippen molar-refractivity contribution in [3.05, 3.63) is 18.2 Å². The molecule has 2 aliphatic heterocycles. The molecule has 2 fully saturated rings. The van der Waals surface area contributed by atoms with E-state index in [1.807, 2.05) is 46.9 Å². The van der Waals surface area contributed by atoms with Crippen LogP contribution in [-0.4, -0.2) is 70.5 Å². The third-order valence-corrected chi connectivity index (χ3v) is 5.75. The third-order valence-electron chi connectivity index (χ3n) is 5.75. The second kappa shape index (κ2) is 7.99. The number of nitrogens with one attached hydrogen (secondary N) is 1. The molecule has 172 valence electrons. The number of piperazine rings is 1. The monoisotopic (exact) mass is 442 g/mol. The maximum atomic E-state index is 12.5. The normalized spacial score (nSPS) is 20.0. The van der Waals surface area contributed by atoms with Crippen LogP contribution in [0.25, 0.3) is 10.9 Å². The summed E-state index contributed by atoms with van der Waals surface area (Å²) in [5, 5.41) is 7.74. The Balaban J connectivity index is 1.53. The number of ether oxygens (including phenoxy) is 1. The van der Waals surface area contributed by atoms with Gasteiger partial charge in [0.1, 0.15) is 5.60 Å². The van der Waals surface area contributed by atoms with Crippen molar-refractivity contribution in [2.45, 2.75) is 45.8 Å². The molecule has 3 heterocycles.